The molecular formula is C11H20N2O4. The van der Waals surface area contributed by atoms with Crippen molar-refractivity contribution in [1.82, 2.24) is 5.32 Å². The lowest BCUT2D eigenvalue weighted by Crippen LogP contribution is -2.47. The van der Waals surface area contributed by atoms with E-state index in [1.807, 2.05) is 0 Å². The fourth-order valence-corrected chi connectivity index (χ4v) is 1.26. The number of primary amides is 1. The summed E-state index contributed by atoms with van der Waals surface area (Å²) in [7, 11) is 0. The minimum absolute atomic E-state index is 0.00322. The average Bonchev–Trinajstić information content (AvgIpc) is 2.22. The van der Waals surface area contributed by atoms with Crippen molar-refractivity contribution in [2.24, 2.45) is 11.7 Å². The van der Waals surface area contributed by atoms with E-state index in [9.17, 15) is 14.4 Å². The Morgan fingerprint density at radius 3 is 2.24 bits per heavy atom. The number of nitrogens with one attached hydrogen (secondary N) is 1. The molecule has 0 aliphatic carbocycles. The van der Waals surface area contributed by atoms with E-state index in [1.165, 1.54) is 0 Å². The number of carbonyl (C=O) groups excluding carboxylic acids is 3. The fraction of sp³-hybridized carbons (Fsp3) is 0.727. The van der Waals surface area contributed by atoms with Gasteiger partial charge in [-0.15, -0.1) is 0 Å². The maximum Gasteiger partial charge on any atom is 0.306 e. The molecule has 0 aliphatic heterocycles. The molecule has 0 saturated heterocycles. The Labute approximate surface area is 101 Å². The molecule has 0 bridgehead atoms. The highest BCUT2D eigenvalue weighted by Crippen LogP contribution is 2.02. The summed E-state index contributed by atoms with van der Waals surface area (Å²) in [6.07, 6.45) is -0.00140. The molecule has 0 spiro atoms. The molecule has 98 valence electrons. The van der Waals surface area contributed by atoms with Gasteiger partial charge in [0, 0.05) is 6.42 Å². The Balaban J connectivity index is 4.07. The van der Waals surface area contributed by atoms with Crippen molar-refractivity contribution in [3.63, 3.8) is 0 Å². The van der Waals surface area contributed by atoms with Crippen LogP contribution in [-0.4, -0.2) is 30.4 Å². The molecule has 6 heteroatoms. The monoisotopic (exact) mass is 244 g/mol. The number of carbonyl (C=O) groups is 3. The zero-order chi connectivity index (χ0) is 13.4. The number of amides is 2. The molecule has 0 radical (unpaired) electrons. The van der Waals surface area contributed by atoms with Crippen molar-refractivity contribution in [2.75, 3.05) is 6.61 Å². The lowest BCUT2D eigenvalue weighted by atomic mass is 10.0. The highest BCUT2D eigenvalue weighted by Gasteiger charge is 2.21. The van der Waals surface area contributed by atoms with Gasteiger partial charge in [0.15, 0.2) is 0 Å². The van der Waals surface area contributed by atoms with Crippen molar-refractivity contribution in [3.8, 4) is 0 Å². The molecule has 0 aliphatic rings. The Hall–Kier alpha value is -1.59. The van der Waals surface area contributed by atoms with Crippen molar-refractivity contribution in [2.45, 2.75) is 39.7 Å². The molecule has 17 heavy (non-hydrogen) atoms. The van der Waals surface area contributed by atoms with Crippen LogP contribution in [-0.2, 0) is 19.1 Å². The SMILES string of the molecule is CCOC(=O)CCC(=O)N[C@@H](C(N)=O)C(C)C. The molecule has 0 aromatic rings. The van der Waals surface area contributed by atoms with Gasteiger partial charge in [-0.1, -0.05) is 13.8 Å². The summed E-state index contributed by atoms with van der Waals surface area (Å²) >= 11 is 0. The Morgan fingerprint density at radius 1 is 1.24 bits per heavy atom. The third kappa shape index (κ3) is 6.55. The van der Waals surface area contributed by atoms with Gasteiger partial charge in [-0.2, -0.15) is 0 Å². The average molecular weight is 244 g/mol. The van der Waals surface area contributed by atoms with Gasteiger partial charge >= 0.3 is 5.97 Å². The van der Waals surface area contributed by atoms with Gasteiger partial charge in [-0.25, -0.2) is 0 Å². The van der Waals surface area contributed by atoms with Crippen molar-refractivity contribution >= 4 is 17.8 Å². The second-order valence-electron chi connectivity index (χ2n) is 4.00. The van der Waals surface area contributed by atoms with Crippen LogP contribution in [0.2, 0.25) is 0 Å². The van der Waals surface area contributed by atoms with Crippen molar-refractivity contribution < 1.29 is 19.1 Å². The molecule has 0 aromatic carbocycles. The van der Waals surface area contributed by atoms with Crippen molar-refractivity contribution in [3.05, 3.63) is 0 Å². The number of nitrogens with two attached hydrogens (primary N) is 1. The van der Waals surface area contributed by atoms with Gasteiger partial charge in [0.25, 0.3) is 0 Å². The van der Waals surface area contributed by atoms with E-state index in [4.69, 9.17) is 5.73 Å². The highest BCUT2D eigenvalue weighted by atomic mass is 16.5. The zero-order valence-electron chi connectivity index (χ0n) is 10.5. The number of hydrogen-bond acceptors (Lipinski definition) is 4. The number of ether oxygens (including phenoxy) is 1. The minimum Gasteiger partial charge on any atom is -0.466 e. The third-order valence-corrected chi connectivity index (χ3v) is 2.15. The number of rotatable bonds is 7. The van der Waals surface area contributed by atoms with Gasteiger partial charge < -0.3 is 15.8 Å². The van der Waals surface area contributed by atoms with Crippen LogP contribution in [0.25, 0.3) is 0 Å². The first-order valence-corrected chi connectivity index (χ1v) is 5.62. The quantitative estimate of drug-likeness (QED) is 0.614. The summed E-state index contributed by atoms with van der Waals surface area (Å²) < 4.78 is 4.68. The topological polar surface area (TPSA) is 98.5 Å². The fourth-order valence-electron chi connectivity index (χ4n) is 1.26. The summed E-state index contributed by atoms with van der Waals surface area (Å²) in [5.74, 6) is -1.47. The standard InChI is InChI=1S/C11H20N2O4/c1-4-17-9(15)6-5-8(14)13-10(7(2)3)11(12)16/h7,10H,4-6H2,1-3H3,(H2,12,16)(H,13,14)/t10-/m1/s1. The second kappa shape index (κ2) is 7.65. The van der Waals surface area contributed by atoms with E-state index in [2.05, 4.69) is 10.1 Å². The maximum absolute atomic E-state index is 11.4. The molecule has 3 N–H and O–H groups in total. The predicted molar refractivity (Wildman–Crippen MR) is 61.8 cm³/mol. The van der Waals surface area contributed by atoms with Crippen LogP contribution in [0.1, 0.15) is 33.6 Å². The smallest absolute Gasteiger partial charge is 0.306 e. The van der Waals surface area contributed by atoms with Crippen LogP contribution in [0.3, 0.4) is 0 Å². The molecule has 0 rings (SSSR count). The summed E-state index contributed by atoms with van der Waals surface area (Å²) in [6.45, 7) is 5.54. The normalized spacial score (nSPS) is 12.0. The van der Waals surface area contributed by atoms with Crippen LogP contribution >= 0.6 is 0 Å². The Kier molecular flexibility index (Phi) is 6.93. The molecule has 0 unspecified atom stereocenters. The number of esters is 1. The summed E-state index contributed by atoms with van der Waals surface area (Å²) in [4.78, 5) is 33.5. The van der Waals surface area contributed by atoms with E-state index in [-0.39, 0.29) is 31.3 Å². The van der Waals surface area contributed by atoms with Gasteiger partial charge in [-0.3, -0.25) is 14.4 Å². The van der Waals surface area contributed by atoms with Crippen LogP contribution in [0, 0.1) is 5.92 Å². The highest BCUT2D eigenvalue weighted by molar-refractivity contribution is 5.88. The van der Waals surface area contributed by atoms with Crippen LogP contribution < -0.4 is 11.1 Å². The van der Waals surface area contributed by atoms with Crippen molar-refractivity contribution in [1.29, 1.82) is 0 Å². The lowest BCUT2D eigenvalue weighted by molar-refractivity contribution is -0.144. The van der Waals surface area contributed by atoms with Gasteiger partial charge in [-0.05, 0) is 12.8 Å². The number of hydrogen-bond donors (Lipinski definition) is 2. The molecule has 0 saturated carbocycles. The van der Waals surface area contributed by atoms with E-state index in [1.54, 1.807) is 20.8 Å². The maximum atomic E-state index is 11.4. The first kappa shape index (κ1) is 15.4. The Bertz CT molecular complexity index is 289. The van der Waals surface area contributed by atoms with Crippen LogP contribution in [0.5, 0.6) is 0 Å². The molecule has 2 amide bonds. The Morgan fingerprint density at radius 2 is 1.82 bits per heavy atom. The summed E-state index contributed by atoms with van der Waals surface area (Å²) in [5.41, 5.74) is 5.14. The molecule has 0 aromatic heterocycles. The van der Waals surface area contributed by atoms with Gasteiger partial charge in [0.2, 0.25) is 11.8 Å². The summed E-state index contributed by atoms with van der Waals surface area (Å²) in [6, 6.07) is -0.704. The summed E-state index contributed by atoms with van der Waals surface area (Å²) in [5, 5.41) is 2.49. The van der Waals surface area contributed by atoms with Crippen LogP contribution in [0.4, 0.5) is 0 Å². The minimum atomic E-state index is -0.704. The molecular weight excluding hydrogens is 224 g/mol. The van der Waals surface area contributed by atoms with E-state index in [0.717, 1.165) is 0 Å². The first-order chi connectivity index (χ1) is 7.88. The molecule has 1 atom stereocenters. The molecule has 6 nitrogen and oxygen atoms in total. The largest absolute Gasteiger partial charge is 0.466 e. The molecule has 0 fully saturated rings. The lowest BCUT2D eigenvalue weighted by Gasteiger charge is -2.18. The van der Waals surface area contributed by atoms with E-state index < -0.39 is 17.9 Å². The molecule has 0 heterocycles. The zero-order valence-corrected chi connectivity index (χ0v) is 10.5. The van der Waals surface area contributed by atoms with Gasteiger partial charge in [0.1, 0.15) is 6.04 Å². The van der Waals surface area contributed by atoms with E-state index in [0.29, 0.717) is 0 Å². The predicted octanol–water partition coefficient (Wildman–Crippen LogP) is -0.0442. The van der Waals surface area contributed by atoms with Crippen LogP contribution in [0.15, 0.2) is 0 Å². The van der Waals surface area contributed by atoms with E-state index >= 15 is 0 Å². The van der Waals surface area contributed by atoms with Gasteiger partial charge in [0.05, 0.1) is 13.0 Å². The first-order valence-electron chi connectivity index (χ1n) is 5.62. The third-order valence-electron chi connectivity index (χ3n) is 2.15. The second-order valence-corrected chi connectivity index (χ2v) is 4.00.